The van der Waals surface area contributed by atoms with Gasteiger partial charge in [-0.2, -0.15) is 4.98 Å². The molecule has 2 N–H and O–H groups in total. The van der Waals surface area contributed by atoms with E-state index in [0.717, 1.165) is 39.1 Å². The van der Waals surface area contributed by atoms with Crippen molar-refractivity contribution in [2.45, 2.75) is 26.4 Å². The van der Waals surface area contributed by atoms with Gasteiger partial charge in [-0.05, 0) is 46.0 Å². The summed E-state index contributed by atoms with van der Waals surface area (Å²) in [6, 6.07) is 39.9. The molecule has 0 aliphatic heterocycles. The number of benzene rings is 4. The molecule has 0 spiro atoms. The number of halogens is 1. The minimum atomic E-state index is 0. The first-order valence-corrected chi connectivity index (χ1v) is 12.6. The van der Waals surface area contributed by atoms with E-state index in [9.17, 15) is 0 Å². The zero-order valence-electron chi connectivity index (χ0n) is 21.5. The van der Waals surface area contributed by atoms with Crippen LogP contribution in [0.1, 0.15) is 22.3 Å². The van der Waals surface area contributed by atoms with E-state index in [1.807, 2.05) is 121 Å². The quantitative estimate of drug-likeness (QED) is 0.190. The Labute approximate surface area is 235 Å². The van der Waals surface area contributed by atoms with Gasteiger partial charge >= 0.3 is 0 Å². The summed E-state index contributed by atoms with van der Waals surface area (Å²) in [6.07, 6.45) is 0. The Bertz CT molecular complexity index is 1450. The molecule has 0 radical (unpaired) electrons. The molecule has 6 heteroatoms. The third-order valence-corrected chi connectivity index (χ3v) is 6.12. The molecular weight excluding hydrogens is 508 g/mol. The van der Waals surface area contributed by atoms with Gasteiger partial charge < -0.3 is 19.9 Å². The standard InChI is InChI=1S/C33H30N2O3.ClH/c34-21-28-20-29(36-22-25-10-4-1-5-11-25)16-17-30(28)31-18-19-32(37-23-26-12-6-2-7-13-26)35-33(31)38-24-27-14-8-3-9-15-27;/h1-20H,21-24,34H2;1H. The highest BCUT2D eigenvalue weighted by molar-refractivity contribution is 5.85. The van der Waals surface area contributed by atoms with E-state index < -0.39 is 0 Å². The molecule has 0 fully saturated rings. The summed E-state index contributed by atoms with van der Waals surface area (Å²) >= 11 is 0. The van der Waals surface area contributed by atoms with Crippen LogP contribution >= 0.6 is 12.4 Å². The minimum Gasteiger partial charge on any atom is -0.489 e. The van der Waals surface area contributed by atoms with Crippen LogP contribution < -0.4 is 19.9 Å². The van der Waals surface area contributed by atoms with Crippen LogP contribution in [0.3, 0.4) is 0 Å². The lowest BCUT2D eigenvalue weighted by atomic mass is 10.00. The maximum Gasteiger partial charge on any atom is 0.225 e. The van der Waals surface area contributed by atoms with E-state index >= 15 is 0 Å². The Morgan fingerprint density at radius 3 is 1.62 bits per heavy atom. The van der Waals surface area contributed by atoms with Gasteiger partial charge in [0.05, 0.1) is 0 Å². The number of pyridine rings is 1. The summed E-state index contributed by atoms with van der Waals surface area (Å²) in [7, 11) is 0. The average Bonchev–Trinajstić information content (AvgIpc) is 2.99. The summed E-state index contributed by atoms with van der Waals surface area (Å²) in [6.45, 7) is 1.65. The molecule has 0 aliphatic rings. The van der Waals surface area contributed by atoms with E-state index in [4.69, 9.17) is 24.9 Å². The molecule has 0 amide bonds. The zero-order valence-corrected chi connectivity index (χ0v) is 22.3. The predicted molar refractivity (Wildman–Crippen MR) is 157 cm³/mol. The fraction of sp³-hybridized carbons (Fsp3) is 0.121. The molecule has 39 heavy (non-hydrogen) atoms. The van der Waals surface area contributed by atoms with E-state index in [-0.39, 0.29) is 12.4 Å². The molecule has 0 saturated carbocycles. The number of hydrogen-bond donors (Lipinski definition) is 1. The number of nitrogens with two attached hydrogens (primary N) is 1. The van der Waals surface area contributed by atoms with Crippen LogP contribution in [0.15, 0.2) is 121 Å². The van der Waals surface area contributed by atoms with Crippen LogP contribution in [0, 0.1) is 0 Å². The molecule has 5 aromatic rings. The highest BCUT2D eigenvalue weighted by Gasteiger charge is 2.15. The first-order chi connectivity index (χ1) is 18.8. The molecule has 0 aliphatic carbocycles. The monoisotopic (exact) mass is 538 g/mol. The fourth-order valence-electron chi connectivity index (χ4n) is 4.11. The largest absolute Gasteiger partial charge is 0.489 e. The van der Waals surface area contributed by atoms with E-state index in [2.05, 4.69) is 0 Å². The van der Waals surface area contributed by atoms with Gasteiger partial charge in [0.1, 0.15) is 25.6 Å². The van der Waals surface area contributed by atoms with Crippen molar-refractivity contribution >= 4 is 12.4 Å². The number of nitrogens with zero attached hydrogens (tertiary/aromatic N) is 1. The maximum absolute atomic E-state index is 6.24. The van der Waals surface area contributed by atoms with Gasteiger partial charge in [-0.25, -0.2) is 0 Å². The topological polar surface area (TPSA) is 66.6 Å². The third kappa shape index (κ3) is 7.60. The second kappa shape index (κ2) is 14.0. The van der Waals surface area contributed by atoms with Crippen LogP contribution in [-0.4, -0.2) is 4.98 Å². The van der Waals surface area contributed by atoms with Gasteiger partial charge in [0, 0.05) is 18.2 Å². The van der Waals surface area contributed by atoms with Gasteiger partial charge in [0.2, 0.25) is 11.8 Å². The maximum atomic E-state index is 6.24. The highest BCUT2D eigenvalue weighted by atomic mass is 35.5. The van der Waals surface area contributed by atoms with E-state index in [1.165, 1.54) is 0 Å². The Morgan fingerprint density at radius 2 is 1.05 bits per heavy atom. The summed E-state index contributed by atoms with van der Waals surface area (Å²) in [5.74, 6) is 1.76. The lowest BCUT2D eigenvalue weighted by molar-refractivity contribution is 0.268. The smallest absolute Gasteiger partial charge is 0.225 e. The van der Waals surface area contributed by atoms with E-state index in [0.29, 0.717) is 38.1 Å². The Morgan fingerprint density at radius 1 is 0.538 bits per heavy atom. The number of hydrogen-bond acceptors (Lipinski definition) is 5. The molecule has 5 rings (SSSR count). The van der Waals surface area contributed by atoms with Crippen LogP contribution in [-0.2, 0) is 26.4 Å². The van der Waals surface area contributed by atoms with Crippen molar-refractivity contribution in [3.8, 4) is 28.6 Å². The van der Waals surface area contributed by atoms with Crippen molar-refractivity contribution in [2.75, 3.05) is 0 Å². The van der Waals surface area contributed by atoms with Crippen LogP contribution in [0.4, 0.5) is 0 Å². The van der Waals surface area contributed by atoms with Crippen LogP contribution in [0.5, 0.6) is 17.5 Å². The van der Waals surface area contributed by atoms with Crippen molar-refractivity contribution in [1.82, 2.24) is 4.98 Å². The molecule has 4 aromatic carbocycles. The summed E-state index contributed by atoms with van der Waals surface area (Å²) in [5, 5.41) is 0. The summed E-state index contributed by atoms with van der Waals surface area (Å²) in [4.78, 5) is 4.74. The molecule has 198 valence electrons. The van der Waals surface area contributed by atoms with Crippen molar-refractivity contribution in [3.63, 3.8) is 0 Å². The second-order valence-corrected chi connectivity index (χ2v) is 8.85. The van der Waals surface area contributed by atoms with Crippen LogP contribution in [0.25, 0.3) is 11.1 Å². The van der Waals surface area contributed by atoms with Gasteiger partial charge in [-0.15, -0.1) is 12.4 Å². The van der Waals surface area contributed by atoms with E-state index in [1.54, 1.807) is 0 Å². The molecule has 0 saturated heterocycles. The molecule has 0 unspecified atom stereocenters. The Balaban J connectivity index is 0.00000353. The molecule has 5 nitrogen and oxygen atoms in total. The van der Waals surface area contributed by atoms with Gasteiger partial charge in [-0.3, -0.25) is 0 Å². The summed E-state index contributed by atoms with van der Waals surface area (Å²) in [5.41, 5.74) is 12.2. The van der Waals surface area contributed by atoms with Gasteiger partial charge in [0.15, 0.2) is 0 Å². The number of ether oxygens (including phenoxy) is 3. The lowest BCUT2D eigenvalue weighted by Crippen LogP contribution is -2.05. The first-order valence-electron chi connectivity index (χ1n) is 12.6. The molecule has 0 bridgehead atoms. The van der Waals surface area contributed by atoms with Crippen molar-refractivity contribution in [2.24, 2.45) is 5.73 Å². The molecular formula is C33H31ClN2O3. The minimum absolute atomic E-state index is 0. The Hall–Kier alpha value is -4.32. The molecule has 1 aromatic heterocycles. The van der Waals surface area contributed by atoms with Crippen molar-refractivity contribution in [1.29, 1.82) is 0 Å². The fourth-order valence-corrected chi connectivity index (χ4v) is 4.11. The molecule has 0 atom stereocenters. The van der Waals surface area contributed by atoms with Gasteiger partial charge in [0.25, 0.3) is 0 Å². The highest BCUT2D eigenvalue weighted by Crippen LogP contribution is 2.35. The zero-order chi connectivity index (χ0) is 26.0. The predicted octanol–water partition coefficient (Wildman–Crippen LogP) is 7.37. The third-order valence-electron chi connectivity index (χ3n) is 6.12. The number of rotatable bonds is 11. The molecule has 1 heterocycles. The lowest BCUT2D eigenvalue weighted by Gasteiger charge is -2.16. The second-order valence-electron chi connectivity index (χ2n) is 8.85. The average molecular weight is 539 g/mol. The summed E-state index contributed by atoms with van der Waals surface area (Å²) < 4.78 is 18.3. The SMILES string of the molecule is Cl.NCc1cc(OCc2ccccc2)ccc1-c1ccc(OCc2ccccc2)nc1OCc1ccccc1. The normalized spacial score (nSPS) is 10.4. The first kappa shape index (κ1) is 27.7. The van der Waals surface area contributed by atoms with Gasteiger partial charge in [-0.1, -0.05) is 97.1 Å². The Kier molecular flexibility index (Phi) is 9.95. The van der Waals surface area contributed by atoms with Crippen LogP contribution in [0.2, 0.25) is 0 Å². The number of aromatic nitrogens is 1. The van der Waals surface area contributed by atoms with Crippen molar-refractivity contribution in [3.05, 3.63) is 144 Å². The van der Waals surface area contributed by atoms with Crippen molar-refractivity contribution < 1.29 is 14.2 Å².